The average Bonchev–Trinajstić information content (AvgIpc) is 3.09. The lowest BCUT2D eigenvalue weighted by atomic mass is 9.86. The molecule has 21 heavy (non-hydrogen) atoms. The highest BCUT2D eigenvalue weighted by atomic mass is 19.1. The van der Waals surface area contributed by atoms with Crippen LogP contribution in [0.25, 0.3) is 10.9 Å². The molecule has 1 atom stereocenters. The van der Waals surface area contributed by atoms with Crippen molar-refractivity contribution < 1.29 is 4.39 Å². The van der Waals surface area contributed by atoms with Gasteiger partial charge in [0.2, 0.25) is 0 Å². The van der Waals surface area contributed by atoms with E-state index in [0.717, 1.165) is 49.2 Å². The monoisotopic (exact) mass is 285 g/mol. The number of hydrogen-bond acceptors (Lipinski definition) is 3. The molecule has 0 bridgehead atoms. The Balaban J connectivity index is 1.60. The highest BCUT2D eigenvalue weighted by Crippen LogP contribution is 2.37. The van der Waals surface area contributed by atoms with Gasteiger partial charge >= 0.3 is 0 Å². The summed E-state index contributed by atoms with van der Waals surface area (Å²) in [5.74, 6) is -0.165. The predicted octanol–water partition coefficient (Wildman–Crippen LogP) is 2.56. The highest BCUT2D eigenvalue weighted by Gasteiger charge is 2.40. The number of hydrogen-bond donors (Lipinski definition) is 1. The maximum Gasteiger partial charge on any atom is 0.124 e. The molecule has 2 aliphatic rings. The topological polar surface area (TPSA) is 28.2 Å². The summed E-state index contributed by atoms with van der Waals surface area (Å²) in [5.41, 5.74) is 2.40. The maximum absolute atomic E-state index is 13.8. The lowest BCUT2D eigenvalue weighted by molar-refractivity contribution is 0.269. The molecule has 1 aromatic heterocycles. The van der Waals surface area contributed by atoms with Crippen molar-refractivity contribution in [3.05, 3.63) is 41.8 Å². The molecule has 4 rings (SSSR count). The summed E-state index contributed by atoms with van der Waals surface area (Å²) >= 11 is 0. The van der Waals surface area contributed by atoms with Crippen LogP contribution in [0.5, 0.6) is 0 Å². The van der Waals surface area contributed by atoms with E-state index in [4.69, 9.17) is 0 Å². The fourth-order valence-corrected chi connectivity index (χ4v) is 3.90. The standard InChI is InChI=1S/C17H20FN3/c18-15-8-13-2-1-5-20-16(13)14(9-15)10-21-7-4-17(12-21)3-6-19-11-17/h1-2,5,8-9,19H,3-4,6-7,10-12H2. The molecule has 2 saturated heterocycles. The van der Waals surface area contributed by atoms with E-state index in [-0.39, 0.29) is 5.82 Å². The molecular weight excluding hydrogens is 265 g/mol. The lowest BCUT2D eigenvalue weighted by Crippen LogP contribution is -2.29. The number of halogens is 1. The minimum Gasteiger partial charge on any atom is -0.316 e. The molecule has 3 heterocycles. The van der Waals surface area contributed by atoms with E-state index >= 15 is 0 Å². The first-order valence-electron chi connectivity index (χ1n) is 7.70. The summed E-state index contributed by atoms with van der Waals surface area (Å²) < 4.78 is 13.8. The van der Waals surface area contributed by atoms with E-state index in [1.807, 2.05) is 12.1 Å². The molecule has 3 nitrogen and oxygen atoms in total. The van der Waals surface area contributed by atoms with Crippen molar-refractivity contribution in [2.24, 2.45) is 5.41 Å². The predicted molar refractivity (Wildman–Crippen MR) is 81.5 cm³/mol. The van der Waals surface area contributed by atoms with E-state index in [2.05, 4.69) is 15.2 Å². The van der Waals surface area contributed by atoms with Gasteiger partial charge in [-0.15, -0.1) is 0 Å². The quantitative estimate of drug-likeness (QED) is 0.919. The largest absolute Gasteiger partial charge is 0.316 e. The number of likely N-dealkylation sites (tertiary alicyclic amines) is 1. The van der Waals surface area contributed by atoms with Gasteiger partial charge in [-0.1, -0.05) is 6.07 Å². The number of benzene rings is 1. The van der Waals surface area contributed by atoms with Gasteiger partial charge in [-0.25, -0.2) is 4.39 Å². The van der Waals surface area contributed by atoms with Crippen molar-refractivity contribution in [3.8, 4) is 0 Å². The van der Waals surface area contributed by atoms with Gasteiger partial charge in [0, 0.05) is 31.2 Å². The highest BCUT2D eigenvalue weighted by molar-refractivity contribution is 5.81. The van der Waals surface area contributed by atoms with Crippen molar-refractivity contribution in [1.82, 2.24) is 15.2 Å². The number of nitrogens with one attached hydrogen (secondary N) is 1. The Morgan fingerprint density at radius 1 is 1.33 bits per heavy atom. The van der Waals surface area contributed by atoms with E-state index < -0.39 is 0 Å². The van der Waals surface area contributed by atoms with Crippen LogP contribution in [-0.2, 0) is 6.54 Å². The molecule has 0 radical (unpaired) electrons. The molecule has 4 heteroatoms. The molecule has 2 fully saturated rings. The third kappa shape index (κ3) is 2.43. The number of fused-ring (bicyclic) bond motifs is 1. The van der Waals surface area contributed by atoms with Crippen LogP contribution in [-0.4, -0.2) is 36.1 Å². The summed E-state index contributed by atoms with van der Waals surface area (Å²) in [6.45, 7) is 5.29. The first-order valence-corrected chi connectivity index (χ1v) is 7.70. The third-order valence-electron chi connectivity index (χ3n) is 4.99. The normalized spacial score (nSPS) is 26.1. The van der Waals surface area contributed by atoms with E-state index in [1.54, 1.807) is 18.3 Å². The summed E-state index contributed by atoms with van der Waals surface area (Å²) in [6, 6.07) is 7.01. The molecule has 110 valence electrons. The van der Waals surface area contributed by atoms with E-state index in [0.29, 0.717) is 5.41 Å². The molecule has 0 amide bonds. The van der Waals surface area contributed by atoms with E-state index in [9.17, 15) is 4.39 Å². The summed E-state index contributed by atoms with van der Waals surface area (Å²) in [6.07, 6.45) is 4.31. The van der Waals surface area contributed by atoms with Gasteiger partial charge in [0.05, 0.1) is 5.52 Å². The van der Waals surface area contributed by atoms with Crippen LogP contribution in [0.4, 0.5) is 4.39 Å². The van der Waals surface area contributed by atoms with Crippen LogP contribution in [0, 0.1) is 11.2 Å². The second kappa shape index (κ2) is 5.04. The molecule has 1 unspecified atom stereocenters. The third-order valence-corrected chi connectivity index (χ3v) is 4.99. The Morgan fingerprint density at radius 2 is 2.29 bits per heavy atom. The number of rotatable bonds is 2. The van der Waals surface area contributed by atoms with Gasteiger partial charge in [0.25, 0.3) is 0 Å². The van der Waals surface area contributed by atoms with Crippen molar-refractivity contribution in [1.29, 1.82) is 0 Å². The zero-order valence-electron chi connectivity index (χ0n) is 12.1. The van der Waals surface area contributed by atoms with Crippen molar-refractivity contribution in [2.75, 3.05) is 26.2 Å². The number of nitrogens with zero attached hydrogens (tertiary/aromatic N) is 2. The number of pyridine rings is 1. The van der Waals surface area contributed by atoms with Gasteiger partial charge in [0.15, 0.2) is 0 Å². The van der Waals surface area contributed by atoms with Crippen molar-refractivity contribution in [2.45, 2.75) is 19.4 Å². The Kier molecular flexibility index (Phi) is 3.16. The molecule has 2 aromatic rings. The maximum atomic E-state index is 13.8. The average molecular weight is 285 g/mol. The van der Waals surface area contributed by atoms with Crippen molar-refractivity contribution >= 4 is 10.9 Å². The molecule has 0 aliphatic carbocycles. The van der Waals surface area contributed by atoms with Gasteiger partial charge in [0.1, 0.15) is 5.82 Å². The second-order valence-electron chi connectivity index (χ2n) is 6.53. The van der Waals surface area contributed by atoms with Crippen LogP contribution in [0.3, 0.4) is 0 Å². The first-order chi connectivity index (χ1) is 10.2. The Labute approximate surface area is 124 Å². The van der Waals surface area contributed by atoms with Crippen LogP contribution in [0.2, 0.25) is 0 Å². The van der Waals surface area contributed by atoms with Crippen LogP contribution in [0.1, 0.15) is 18.4 Å². The fraction of sp³-hybridized carbons (Fsp3) is 0.471. The molecule has 0 saturated carbocycles. The second-order valence-corrected chi connectivity index (χ2v) is 6.53. The summed E-state index contributed by atoms with van der Waals surface area (Å²) in [4.78, 5) is 6.90. The van der Waals surface area contributed by atoms with E-state index in [1.165, 1.54) is 12.8 Å². The van der Waals surface area contributed by atoms with Crippen molar-refractivity contribution in [3.63, 3.8) is 0 Å². The zero-order valence-corrected chi connectivity index (χ0v) is 12.1. The van der Waals surface area contributed by atoms with Crippen LogP contribution in [0.15, 0.2) is 30.5 Å². The lowest BCUT2D eigenvalue weighted by Gasteiger charge is -2.23. The molecular formula is C17H20FN3. The zero-order chi connectivity index (χ0) is 14.3. The Bertz CT molecular complexity index is 664. The summed E-state index contributed by atoms with van der Waals surface area (Å²) in [5, 5.41) is 4.37. The SMILES string of the molecule is Fc1cc(CN2CCC3(CCNC3)C2)c2ncccc2c1. The molecule has 1 N–H and O–H groups in total. The minimum atomic E-state index is -0.165. The Morgan fingerprint density at radius 3 is 3.14 bits per heavy atom. The van der Waals surface area contributed by atoms with Gasteiger partial charge in [-0.2, -0.15) is 0 Å². The molecule has 1 aromatic carbocycles. The summed E-state index contributed by atoms with van der Waals surface area (Å²) in [7, 11) is 0. The minimum absolute atomic E-state index is 0.165. The van der Waals surface area contributed by atoms with Gasteiger partial charge in [-0.3, -0.25) is 9.88 Å². The van der Waals surface area contributed by atoms with Gasteiger partial charge in [-0.05, 0) is 55.1 Å². The molecule has 1 spiro atoms. The van der Waals surface area contributed by atoms with Crippen LogP contribution >= 0.6 is 0 Å². The first kappa shape index (κ1) is 13.2. The number of aromatic nitrogens is 1. The fourth-order valence-electron chi connectivity index (χ4n) is 3.90. The smallest absolute Gasteiger partial charge is 0.124 e. The molecule has 2 aliphatic heterocycles. The van der Waals surface area contributed by atoms with Crippen LogP contribution < -0.4 is 5.32 Å². The van der Waals surface area contributed by atoms with Gasteiger partial charge < -0.3 is 5.32 Å². The Hall–Kier alpha value is -1.52.